The Balaban J connectivity index is 1.55. The molecule has 0 amide bonds. The number of nitro groups is 1. The van der Waals surface area contributed by atoms with Gasteiger partial charge in [-0.2, -0.15) is 5.10 Å². The van der Waals surface area contributed by atoms with Crippen LogP contribution >= 0.6 is 0 Å². The quantitative estimate of drug-likeness (QED) is 0.405. The molecule has 1 unspecified atom stereocenters. The van der Waals surface area contributed by atoms with Gasteiger partial charge in [-0.3, -0.25) is 15.2 Å². The fraction of sp³-hybridized carbons (Fsp3) is 0.263. The third kappa shape index (κ3) is 3.93. The first-order chi connectivity index (χ1) is 13.5. The van der Waals surface area contributed by atoms with Crippen LogP contribution in [0.2, 0.25) is 0 Å². The highest BCUT2D eigenvalue weighted by Gasteiger charge is 2.25. The summed E-state index contributed by atoms with van der Waals surface area (Å²) < 4.78 is 13.1. The zero-order chi connectivity index (χ0) is 19.7. The number of nitrogens with zero attached hydrogens (tertiary/aromatic N) is 3. The maximum atomic E-state index is 13.1. The lowest BCUT2D eigenvalue weighted by Crippen LogP contribution is -2.10. The first-order valence-corrected chi connectivity index (χ1v) is 8.99. The van der Waals surface area contributed by atoms with Gasteiger partial charge in [0, 0.05) is 23.7 Å². The van der Waals surface area contributed by atoms with E-state index in [0.29, 0.717) is 17.6 Å². The third-order valence-corrected chi connectivity index (χ3v) is 4.66. The van der Waals surface area contributed by atoms with Crippen molar-refractivity contribution >= 4 is 23.1 Å². The van der Waals surface area contributed by atoms with Gasteiger partial charge in [0.05, 0.1) is 11.0 Å². The molecular formula is C19H19FN6O2. The van der Waals surface area contributed by atoms with E-state index in [2.05, 4.69) is 25.8 Å². The standard InChI is InChI=1S/C19H19FN6O2/c1-11(12-4-6-14(20)7-5-12)21-19-16(26(27)28)8-9-17(23-19)22-18-10-15(24-25-18)13-2-3-13/h4-11,13H,2-3H2,1H3,(H3,21,22,23,24,25). The molecule has 4 rings (SSSR count). The SMILES string of the molecule is CC(Nc1nc(Nc2cc(C3CC3)[nH]n2)ccc1[N+](=O)[O-])c1ccc(F)cc1. The lowest BCUT2D eigenvalue weighted by Gasteiger charge is -2.15. The Morgan fingerprint density at radius 1 is 1.21 bits per heavy atom. The molecule has 1 aliphatic rings. The average molecular weight is 382 g/mol. The van der Waals surface area contributed by atoms with Crippen LogP contribution in [0.15, 0.2) is 42.5 Å². The molecule has 0 radical (unpaired) electrons. The molecule has 1 aromatic carbocycles. The van der Waals surface area contributed by atoms with Crippen molar-refractivity contribution in [2.24, 2.45) is 0 Å². The minimum Gasteiger partial charge on any atom is -0.358 e. The van der Waals surface area contributed by atoms with E-state index in [1.165, 1.54) is 24.3 Å². The molecule has 1 saturated carbocycles. The highest BCUT2D eigenvalue weighted by atomic mass is 19.1. The maximum absolute atomic E-state index is 13.1. The van der Waals surface area contributed by atoms with E-state index in [4.69, 9.17) is 0 Å². The second kappa shape index (κ2) is 7.26. The monoisotopic (exact) mass is 382 g/mol. The molecule has 0 aliphatic heterocycles. The summed E-state index contributed by atoms with van der Waals surface area (Å²) in [6.07, 6.45) is 2.32. The minimum atomic E-state index is -0.490. The molecule has 2 aromatic heterocycles. The number of hydrogen-bond donors (Lipinski definition) is 3. The number of pyridine rings is 1. The molecule has 28 heavy (non-hydrogen) atoms. The van der Waals surface area contributed by atoms with Crippen molar-refractivity contribution < 1.29 is 9.31 Å². The predicted molar refractivity (Wildman–Crippen MR) is 103 cm³/mol. The minimum absolute atomic E-state index is 0.129. The molecule has 9 heteroatoms. The van der Waals surface area contributed by atoms with Crippen LogP contribution in [0.25, 0.3) is 0 Å². The molecule has 3 aromatic rings. The molecule has 1 atom stereocenters. The van der Waals surface area contributed by atoms with Crippen molar-refractivity contribution in [3.05, 3.63) is 69.7 Å². The number of aromatic amines is 1. The van der Waals surface area contributed by atoms with Crippen molar-refractivity contribution in [3.8, 4) is 0 Å². The van der Waals surface area contributed by atoms with Gasteiger partial charge in [0.2, 0.25) is 5.82 Å². The molecule has 0 saturated heterocycles. The Labute approximate surface area is 160 Å². The topological polar surface area (TPSA) is 109 Å². The predicted octanol–water partition coefficient (Wildman–Crippen LogP) is 4.65. The second-order valence-electron chi connectivity index (χ2n) is 6.85. The molecule has 0 bridgehead atoms. The van der Waals surface area contributed by atoms with Crippen LogP contribution in [0.3, 0.4) is 0 Å². The molecule has 0 spiro atoms. The lowest BCUT2D eigenvalue weighted by atomic mass is 10.1. The summed E-state index contributed by atoms with van der Waals surface area (Å²) in [6.45, 7) is 1.83. The largest absolute Gasteiger partial charge is 0.358 e. The normalized spacial score (nSPS) is 14.5. The fourth-order valence-electron chi connectivity index (χ4n) is 2.95. The molecule has 1 aliphatic carbocycles. The highest BCUT2D eigenvalue weighted by molar-refractivity contribution is 5.63. The Kier molecular flexibility index (Phi) is 4.64. The van der Waals surface area contributed by atoms with Crippen molar-refractivity contribution in [3.63, 3.8) is 0 Å². The Morgan fingerprint density at radius 2 is 1.96 bits per heavy atom. The van der Waals surface area contributed by atoms with Crippen LogP contribution in [0.5, 0.6) is 0 Å². The first-order valence-electron chi connectivity index (χ1n) is 8.99. The van der Waals surface area contributed by atoms with E-state index in [9.17, 15) is 14.5 Å². The van der Waals surface area contributed by atoms with Gasteiger partial charge in [0.25, 0.3) is 0 Å². The number of nitrogens with one attached hydrogen (secondary N) is 3. The lowest BCUT2D eigenvalue weighted by molar-refractivity contribution is -0.384. The highest BCUT2D eigenvalue weighted by Crippen LogP contribution is 2.39. The molecule has 3 N–H and O–H groups in total. The second-order valence-corrected chi connectivity index (χ2v) is 6.85. The number of aromatic nitrogens is 3. The van der Waals surface area contributed by atoms with Gasteiger partial charge in [-0.05, 0) is 43.5 Å². The molecule has 144 valence electrons. The van der Waals surface area contributed by atoms with Crippen molar-refractivity contribution in [1.29, 1.82) is 0 Å². The van der Waals surface area contributed by atoms with Crippen molar-refractivity contribution in [1.82, 2.24) is 15.2 Å². The van der Waals surface area contributed by atoms with Crippen LogP contribution in [0.4, 0.5) is 27.5 Å². The Morgan fingerprint density at radius 3 is 2.64 bits per heavy atom. The molecule has 2 heterocycles. The van der Waals surface area contributed by atoms with E-state index < -0.39 is 4.92 Å². The molecule has 8 nitrogen and oxygen atoms in total. The van der Waals surface area contributed by atoms with Gasteiger partial charge in [-0.25, -0.2) is 9.37 Å². The van der Waals surface area contributed by atoms with Crippen LogP contribution in [0.1, 0.15) is 43.0 Å². The maximum Gasteiger partial charge on any atom is 0.311 e. The Bertz CT molecular complexity index is 1000. The van der Waals surface area contributed by atoms with E-state index in [1.807, 2.05) is 13.0 Å². The van der Waals surface area contributed by atoms with E-state index >= 15 is 0 Å². The van der Waals surface area contributed by atoms with Crippen LogP contribution in [-0.4, -0.2) is 20.1 Å². The van der Waals surface area contributed by atoms with Crippen molar-refractivity contribution in [2.45, 2.75) is 31.7 Å². The van der Waals surface area contributed by atoms with Crippen molar-refractivity contribution in [2.75, 3.05) is 10.6 Å². The first kappa shape index (κ1) is 17.9. The summed E-state index contributed by atoms with van der Waals surface area (Å²) in [7, 11) is 0. The van der Waals surface area contributed by atoms with Gasteiger partial charge >= 0.3 is 5.69 Å². The molecular weight excluding hydrogens is 363 g/mol. The van der Waals surface area contributed by atoms with Crippen LogP contribution < -0.4 is 10.6 Å². The number of hydrogen-bond acceptors (Lipinski definition) is 6. The molecule has 1 fully saturated rings. The number of rotatable bonds is 7. The van der Waals surface area contributed by atoms with Gasteiger partial charge in [0.15, 0.2) is 5.82 Å². The van der Waals surface area contributed by atoms with Crippen LogP contribution in [0, 0.1) is 15.9 Å². The summed E-state index contributed by atoms with van der Waals surface area (Å²) in [5, 5.41) is 24.7. The zero-order valence-electron chi connectivity index (χ0n) is 15.1. The smallest absolute Gasteiger partial charge is 0.311 e. The van der Waals surface area contributed by atoms with Gasteiger partial charge < -0.3 is 10.6 Å². The summed E-state index contributed by atoms with van der Waals surface area (Å²) in [5.41, 5.74) is 1.73. The van der Waals surface area contributed by atoms with Crippen LogP contribution in [-0.2, 0) is 0 Å². The van der Waals surface area contributed by atoms with Gasteiger partial charge in [-0.15, -0.1) is 0 Å². The zero-order valence-corrected chi connectivity index (χ0v) is 15.1. The summed E-state index contributed by atoms with van der Waals surface area (Å²) in [6, 6.07) is 10.5. The fourth-order valence-corrected chi connectivity index (χ4v) is 2.95. The van der Waals surface area contributed by atoms with Gasteiger partial charge in [-0.1, -0.05) is 12.1 Å². The third-order valence-electron chi connectivity index (χ3n) is 4.66. The number of benzene rings is 1. The van der Waals surface area contributed by atoms with E-state index in [1.54, 1.807) is 12.1 Å². The summed E-state index contributed by atoms with van der Waals surface area (Å²) >= 11 is 0. The number of halogens is 1. The average Bonchev–Trinajstić information content (AvgIpc) is 3.42. The number of anilines is 3. The summed E-state index contributed by atoms with van der Waals surface area (Å²) in [5.74, 6) is 1.39. The van der Waals surface area contributed by atoms with Gasteiger partial charge in [0.1, 0.15) is 11.6 Å². The van der Waals surface area contributed by atoms with E-state index in [-0.39, 0.29) is 23.4 Å². The Hall–Kier alpha value is -3.49. The summed E-state index contributed by atoms with van der Waals surface area (Å²) in [4.78, 5) is 15.2. The number of H-pyrrole nitrogens is 1. The van der Waals surface area contributed by atoms with E-state index in [0.717, 1.165) is 24.1 Å².